The quantitative estimate of drug-likeness (QED) is 0.477. The fourth-order valence-electron chi connectivity index (χ4n) is 3.92. The zero-order chi connectivity index (χ0) is 22.5. The number of amides is 1. The standard InChI is InChI=1S/C25H27NO6/c1-17(27)26-20-8-4-3-7-19(20)25(28)21(26)15-18-10-11-22(23(16-18)29-2)30-13-14-32-24-9-5-6-12-31-24/h3-4,7-8,10-11,15-16,24H,5-6,9,12-14H2,1-2H3. The Bertz CT molecular complexity index is 1020. The average Bonchev–Trinajstić information content (AvgIpc) is 3.09. The first-order valence-electron chi connectivity index (χ1n) is 10.8. The van der Waals surface area contributed by atoms with Crippen LogP contribution in [0.5, 0.6) is 11.5 Å². The Kier molecular flexibility index (Phi) is 6.87. The van der Waals surface area contributed by atoms with Crippen LogP contribution >= 0.6 is 0 Å². The van der Waals surface area contributed by atoms with Gasteiger partial charge in [-0.2, -0.15) is 0 Å². The van der Waals surface area contributed by atoms with Gasteiger partial charge in [-0.15, -0.1) is 0 Å². The van der Waals surface area contributed by atoms with Crippen LogP contribution in [0.3, 0.4) is 0 Å². The topological polar surface area (TPSA) is 74.3 Å². The monoisotopic (exact) mass is 437 g/mol. The van der Waals surface area contributed by atoms with Crippen molar-refractivity contribution in [2.45, 2.75) is 32.5 Å². The van der Waals surface area contributed by atoms with E-state index in [2.05, 4.69) is 0 Å². The second-order valence-electron chi connectivity index (χ2n) is 7.66. The molecule has 2 aliphatic rings. The third kappa shape index (κ3) is 4.69. The Labute approximate surface area is 187 Å². The second kappa shape index (κ2) is 9.97. The number of rotatable bonds is 7. The number of carbonyl (C=O) groups is 2. The van der Waals surface area contributed by atoms with Crippen LogP contribution in [0.2, 0.25) is 0 Å². The summed E-state index contributed by atoms with van der Waals surface area (Å²) in [6.45, 7) is 2.97. The highest BCUT2D eigenvalue weighted by Gasteiger charge is 2.34. The number of fused-ring (bicyclic) bond motifs is 1. The predicted molar refractivity (Wildman–Crippen MR) is 120 cm³/mol. The fourth-order valence-corrected chi connectivity index (χ4v) is 3.92. The summed E-state index contributed by atoms with van der Waals surface area (Å²) in [5.74, 6) is 0.707. The van der Waals surface area contributed by atoms with Gasteiger partial charge in [0.05, 0.1) is 25.1 Å². The highest BCUT2D eigenvalue weighted by Crippen LogP contribution is 2.36. The molecule has 0 radical (unpaired) electrons. The molecule has 0 N–H and O–H groups in total. The molecule has 1 amide bonds. The smallest absolute Gasteiger partial charge is 0.228 e. The van der Waals surface area contributed by atoms with Gasteiger partial charge in [0.15, 0.2) is 17.8 Å². The summed E-state index contributed by atoms with van der Waals surface area (Å²) in [7, 11) is 1.56. The van der Waals surface area contributed by atoms with E-state index in [0.29, 0.717) is 41.7 Å². The van der Waals surface area contributed by atoms with Crippen LogP contribution in [0, 0.1) is 0 Å². The molecule has 0 saturated carbocycles. The van der Waals surface area contributed by atoms with Crippen LogP contribution < -0.4 is 14.4 Å². The third-order valence-electron chi connectivity index (χ3n) is 5.45. The molecule has 0 aliphatic carbocycles. The van der Waals surface area contributed by atoms with E-state index >= 15 is 0 Å². The van der Waals surface area contributed by atoms with Gasteiger partial charge in [-0.3, -0.25) is 14.5 Å². The van der Waals surface area contributed by atoms with Crippen LogP contribution in [0.25, 0.3) is 6.08 Å². The molecule has 1 saturated heterocycles. The zero-order valence-corrected chi connectivity index (χ0v) is 18.3. The maximum Gasteiger partial charge on any atom is 0.228 e. The van der Waals surface area contributed by atoms with E-state index in [1.165, 1.54) is 11.8 Å². The van der Waals surface area contributed by atoms with Crippen LogP contribution in [-0.2, 0) is 14.3 Å². The highest BCUT2D eigenvalue weighted by molar-refractivity contribution is 6.26. The van der Waals surface area contributed by atoms with Crippen LogP contribution in [0.15, 0.2) is 48.2 Å². The summed E-state index contributed by atoms with van der Waals surface area (Å²) < 4.78 is 22.5. The highest BCUT2D eigenvalue weighted by atomic mass is 16.7. The van der Waals surface area contributed by atoms with Gasteiger partial charge in [-0.05, 0) is 55.2 Å². The Morgan fingerprint density at radius 1 is 1.16 bits per heavy atom. The zero-order valence-electron chi connectivity index (χ0n) is 18.3. The van der Waals surface area contributed by atoms with Crippen molar-refractivity contribution in [1.29, 1.82) is 0 Å². The molecule has 7 nitrogen and oxygen atoms in total. The van der Waals surface area contributed by atoms with Gasteiger partial charge in [-0.1, -0.05) is 18.2 Å². The molecule has 1 unspecified atom stereocenters. The third-order valence-corrected chi connectivity index (χ3v) is 5.45. The first kappa shape index (κ1) is 22.0. The minimum Gasteiger partial charge on any atom is -0.493 e. The summed E-state index contributed by atoms with van der Waals surface area (Å²) in [6, 6.07) is 12.5. The van der Waals surface area contributed by atoms with Gasteiger partial charge in [0, 0.05) is 19.1 Å². The number of benzene rings is 2. The second-order valence-corrected chi connectivity index (χ2v) is 7.66. The number of carbonyl (C=O) groups excluding carboxylic acids is 2. The SMILES string of the molecule is COc1cc(C=C2C(=O)c3ccccc3N2C(C)=O)ccc1OCCOC1CCCCO1. The fraction of sp³-hybridized carbons (Fsp3) is 0.360. The first-order valence-corrected chi connectivity index (χ1v) is 10.8. The molecular weight excluding hydrogens is 410 g/mol. The van der Waals surface area contributed by atoms with Crippen molar-refractivity contribution in [3.05, 3.63) is 59.3 Å². The Morgan fingerprint density at radius 2 is 2.00 bits per heavy atom. The predicted octanol–water partition coefficient (Wildman–Crippen LogP) is 4.21. The van der Waals surface area contributed by atoms with Gasteiger partial charge in [0.25, 0.3) is 0 Å². The summed E-state index contributed by atoms with van der Waals surface area (Å²) in [6.07, 6.45) is 4.65. The maximum absolute atomic E-state index is 12.9. The number of methoxy groups -OCH3 is 1. The molecule has 7 heteroatoms. The lowest BCUT2D eigenvalue weighted by Gasteiger charge is -2.22. The van der Waals surface area contributed by atoms with Gasteiger partial charge in [0.2, 0.25) is 11.7 Å². The lowest BCUT2D eigenvalue weighted by molar-refractivity contribution is -0.165. The summed E-state index contributed by atoms with van der Waals surface area (Å²) in [5, 5.41) is 0. The van der Waals surface area contributed by atoms with E-state index in [9.17, 15) is 9.59 Å². The van der Waals surface area contributed by atoms with Crippen molar-refractivity contribution in [2.24, 2.45) is 0 Å². The number of anilines is 1. The maximum atomic E-state index is 12.9. The molecular formula is C25H27NO6. The summed E-state index contributed by atoms with van der Waals surface area (Å²) in [5.41, 5.74) is 2.16. The minimum absolute atomic E-state index is 0.152. The van der Waals surface area contributed by atoms with Crippen LogP contribution in [0.1, 0.15) is 42.1 Å². The molecule has 2 aromatic rings. The number of nitrogens with zero attached hydrogens (tertiary/aromatic N) is 1. The number of para-hydroxylation sites is 1. The molecule has 2 aromatic carbocycles. The normalized spacial score (nSPS) is 19.2. The number of hydrogen-bond donors (Lipinski definition) is 0. The van der Waals surface area contributed by atoms with Gasteiger partial charge in [0.1, 0.15) is 6.61 Å². The largest absolute Gasteiger partial charge is 0.493 e. The van der Waals surface area contributed by atoms with E-state index in [-0.39, 0.29) is 18.0 Å². The van der Waals surface area contributed by atoms with Crippen molar-refractivity contribution < 1.29 is 28.5 Å². The van der Waals surface area contributed by atoms with E-state index < -0.39 is 0 Å². The van der Waals surface area contributed by atoms with Crippen LogP contribution in [0.4, 0.5) is 5.69 Å². The Balaban J connectivity index is 1.47. The molecule has 168 valence electrons. The number of ketones is 1. The molecule has 32 heavy (non-hydrogen) atoms. The first-order chi connectivity index (χ1) is 15.6. The molecule has 1 fully saturated rings. The van der Waals surface area contributed by atoms with Gasteiger partial charge in [-0.25, -0.2) is 0 Å². The summed E-state index contributed by atoms with van der Waals surface area (Å²) >= 11 is 0. The van der Waals surface area contributed by atoms with E-state index in [4.69, 9.17) is 18.9 Å². The summed E-state index contributed by atoms with van der Waals surface area (Å²) in [4.78, 5) is 26.6. The lowest BCUT2D eigenvalue weighted by atomic mass is 10.1. The van der Waals surface area contributed by atoms with E-state index in [1.54, 1.807) is 43.5 Å². The van der Waals surface area contributed by atoms with Gasteiger partial charge < -0.3 is 18.9 Å². The lowest BCUT2D eigenvalue weighted by Crippen LogP contribution is -2.25. The average molecular weight is 437 g/mol. The van der Waals surface area contributed by atoms with E-state index in [0.717, 1.165) is 31.4 Å². The minimum atomic E-state index is -0.219. The number of allylic oxidation sites excluding steroid dienone is 1. The van der Waals surface area contributed by atoms with Gasteiger partial charge >= 0.3 is 0 Å². The molecule has 0 aromatic heterocycles. The number of ether oxygens (including phenoxy) is 4. The molecule has 0 spiro atoms. The van der Waals surface area contributed by atoms with Crippen molar-refractivity contribution in [3.8, 4) is 11.5 Å². The van der Waals surface area contributed by atoms with E-state index in [1.807, 2.05) is 12.1 Å². The molecule has 2 aliphatic heterocycles. The van der Waals surface area contributed by atoms with Crippen molar-refractivity contribution >= 4 is 23.5 Å². The number of hydrogen-bond acceptors (Lipinski definition) is 6. The molecule has 4 rings (SSSR count). The Hall–Kier alpha value is -3.16. The number of Topliss-reactive ketones (excluding diaryl/α,β-unsaturated/α-hetero) is 1. The molecule has 1 atom stereocenters. The van der Waals surface area contributed by atoms with Crippen molar-refractivity contribution in [3.63, 3.8) is 0 Å². The van der Waals surface area contributed by atoms with Crippen LogP contribution in [-0.4, -0.2) is 44.9 Å². The molecule has 0 bridgehead atoms. The van der Waals surface area contributed by atoms with Crippen molar-refractivity contribution in [1.82, 2.24) is 0 Å². The Morgan fingerprint density at radius 3 is 2.75 bits per heavy atom. The van der Waals surface area contributed by atoms with Crippen molar-refractivity contribution in [2.75, 3.05) is 31.8 Å². The molecule has 2 heterocycles.